The van der Waals surface area contributed by atoms with E-state index < -0.39 is 17.8 Å². The molecule has 0 bridgehead atoms. The van der Waals surface area contributed by atoms with Crippen molar-refractivity contribution in [2.75, 3.05) is 6.61 Å². The largest absolute Gasteiger partial charge is 0.481 e. The van der Waals surface area contributed by atoms with Crippen molar-refractivity contribution in [2.24, 2.45) is 11.8 Å². The summed E-state index contributed by atoms with van der Waals surface area (Å²) in [6.07, 6.45) is 0.951. The van der Waals surface area contributed by atoms with Crippen LogP contribution in [0.25, 0.3) is 0 Å². The summed E-state index contributed by atoms with van der Waals surface area (Å²) in [7, 11) is 0. The highest BCUT2D eigenvalue weighted by Gasteiger charge is 2.38. The van der Waals surface area contributed by atoms with E-state index in [0.29, 0.717) is 19.4 Å². The number of carboxylic acid groups (broad SMARTS) is 1. The summed E-state index contributed by atoms with van der Waals surface area (Å²) in [6, 6.07) is 0. The van der Waals surface area contributed by atoms with Crippen molar-refractivity contribution < 1.29 is 19.4 Å². The van der Waals surface area contributed by atoms with Crippen molar-refractivity contribution in [3.05, 3.63) is 11.1 Å². The standard InChI is InChI=1S/C12H18O4/c1-4-16-12(15)10-6-8(3)7(2)5-9(10)11(13)14/h9-10H,4-6H2,1-3H3,(H,13,14)/t9-,10+/m0/s1. The molecule has 0 aromatic rings. The van der Waals surface area contributed by atoms with Crippen molar-refractivity contribution in [1.29, 1.82) is 0 Å². The van der Waals surface area contributed by atoms with E-state index in [-0.39, 0.29) is 5.97 Å². The van der Waals surface area contributed by atoms with Crippen molar-refractivity contribution in [1.82, 2.24) is 0 Å². The highest BCUT2D eigenvalue weighted by molar-refractivity contribution is 5.82. The van der Waals surface area contributed by atoms with Gasteiger partial charge >= 0.3 is 11.9 Å². The summed E-state index contributed by atoms with van der Waals surface area (Å²) in [5.74, 6) is -2.46. The number of carboxylic acids is 1. The van der Waals surface area contributed by atoms with E-state index in [0.717, 1.165) is 11.1 Å². The molecule has 0 aromatic heterocycles. The van der Waals surface area contributed by atoms with Gasteiger partial charge in [0.15, 0.2) is 0 Å². The van der Waals surface area contributed by atoms with Gasteiger partial charge in [0, 0.05) is 0 Å². The van der Waals surface area contributed by atoms with Gasteiger partial charge in [0.2, 0.25) is 0 Å². The highest BCUT2D eigenvalue weighted by Crippen LogP contribution is 2.34. The molecule has 0 amide bonds. The van der Waals surface area contributed by atoms with Crippen LogP contribution in [0.3, 0.4) is 0 Å². The number of ether oxygens (including phenoxy) is 1. The predicted octanol–water partition coefficient (Wildman–Crippen LogP) is 2.00. The first-order valence-electron chi connectivity index (χ1n) is 5.52. The van der Waals surface area contributed by atoms with E-state index in [4.69, 9.17) is 9.84 Å². The molecule has 0 aromatic carbocycles. The Labute approximate surface area is 95.3 Å². The fraction of sp³-hybridized carbons (Fsp3) is 0.667. The monoisotopic (exact) mass is 226 g/mol. The number of aliphatic carboxylic acids is 1. The maximum atomic E-state index is 11.7. The molecular formula is C12H18O4. The molecule has 90 valence electrons. The lowest BCUT2D eigenvalue weighted by atomic mass is 9.76. The SMILES string of the molecule is CCOC(=O)[C@@H]1CC(C)=C(C)C[C@@H]1C(=O)O. The zero-order valence-corrected chi connectivity index (χ0v) is 9.95. The minimum atomic E-state index is -0.912. The molecule has 0 fully saturated rings. The Morgan fingerprint density at radius 1 is 1.25 bits per heavy atom. The number of esters is 1. The van der Waals surface area contributed by atoms with Gasteiger partial charge in [0.05, 0.1) is 18.4 Å². The number of hydrogen-bond acceptors (Lipinski definition) is 3. The zero-order valence-electron chi connectivity index (χ0n) is 9.95. The van der Waals surface area contributed by atoms with Crippen LogP contribution in [0.2, 0.25) is 0 Å². The Kier molecular flexibility index (Phi) is 4.10. The first-order valence-corrected chi connectivity index (χ1v) is 5.52. The van der Waals surface area contributed by atoms with Gasteiger partial charge in [-0.05, 0) is 33.6 Å². The van der Waals surface area contributed by atoms with E-state index in [1.165, 1.54) is 0 Å². The molecule has 4 nitrogen and oxygen atoms in total. The fourth-order valence-corrected chi connectivity index (χ4v) is 2.05. The average Bonchev–Trinajstić information content (AvgIpc) is 2.21. The van der Waals surface area contributed by atoms with Gasteiger partial charge in [0.25, 0.3) is 0 Å². The van der Waals surface area contributed by atoms with E-state index in [9.17, 15) is 9.59 Å². The summed E-state index contributed by atoms with van der Waals surface area (Å²) in [5, 5.41) is 9.10. The van der Waals surface area contributed by atoms with Crippen molar-refractivity contribution in [2.45, 2.75) is 33.6 Å². The second kappa shape index (κ2) is 5.14. The number of hydrogen-bond donors (Lipinski definition) is 1. The van der Waals surface area contributed by atoms with Crippen LogP contribution in [0.5, 0.6) is 0 Å². The molecule has 1 aliphatic carbocycles. The molecule has 2 atom stereocenters. The third-order valence-corrected chi connectivity index (χ3v) is 3.17. The summed E-state index contributed by atoms with van der Waals surface area (Å²) < 4.78 is 4.92. The molecule has 0 saturated carbocycles. The molecule has 1 N–H and O–H groups in total. The van der Waals surface area contributed by atoms with Gasteiger partial charge in [-0.3, -0.25) is 9.59 Å². The second-order valence-corrected chi connectivity index (χ2v) is 4.27. The second-order valence-electron chi connectivity index (χ2n) is 4.27. The third-order valence-electron chi connectivity index (χ3n) is 3.17. The number of allylic oxidation sites excluding steroid dienone is 2. The van der Waals surface area contributed by atoms with E-state index in [1.54, 1.807) is 6.92 Å². The molecule has 0 saturated heterocycles. The van der Waals surface area contributed by atoms with Gasteiger partial charge in [-0.1, -0.05) is 11.1 Å². The first kappa shape index (κ1) is 12.7. The maximum absolute atomic E-state index is 11.7. The smallest absolute Gasteiger partial charge is 0.310 e. The van der Waals surface area contributed by atoms with Crippen LogP contribution >= 0.6 is 0 Å². The van der Waals surface area contributed by atoms with Gasteiger partial charge in [0.1, 0.15) is 0 Å². The van der Waals surface area contributed by atoms with Crippen molar-refractivity contribution in [3.63, 3.8) is 0 Å². The molecule has 0 aliphatic heterocycles. The molecule has 0 radical (unpaired) electrons. The Morgan fingerprint density at radius 3 is 2.19 bits per heavy atom. The first-order chi connectivity index (χ1) is 7.47. The van der Waals surface area contributed by atoms with E-state index in [2.05, 4.69) is 0 Å². The van der Waals surface area contributed by atoms with Crippen LogP contribution in [0.15, 0.2) is 11.1 Å². The summed E-state index contributed by atoms with van der Waals surface area (Å²) in [6.45, 7) is 5.89. The summed E-state index contributed by atoms with van der Waals surface area (Å²) in [5.41, 5.74) is 2.18. The van der Waals surface area contributed by atoms with Crippen LogP contribution in [0, 0.1) is 11.8 Å². The number of rotatable bonds is 3. The Morgan fingerprint density at radius 2 is 1.75 bits per heavy atom. The van der Waals surface area contributed by atoms with Crippen LogP contribution in [-0.2, 0) is 14.3 Å². The lowest BCUT2D eigenvalue weighted by molar-refractivity contribution is -0.157. The number of carbonyl (C=O) groups is 2. The van der Waals surface area contributed by atoms with Crippen LogP contribution in [-0.4, -0.2) is 23.7 Å². The minimum Gasteiger partial charge on any atom is -0.481 e. The predicted molar refractivity (Wildman–Crippen MR) is 58.9 cm³/mol. The third kappa shape index (κ3) is 2.62. The maximum Gasteiger partial charge on any atom is 0.310 e. The molecule has 0 spiro atoms. The fourth-order valence-electron chi connectivity index (χ4n) is 2.05. The van der Waals surface area contributed by atoms with E-state index in [1.807, 2.05) is 13.8 Å². The quantitative estimate of drug-likeness (QED) is 0.590. The zero-order chi connectivity index (χ0) is 12.3. The van der Waals surface area contributed by atoms with Crippen LogP contribution in [0.1, 0.15) is 33.6 Å². The van der Waals surface area contributed by atoms with Gasteiger partial charge in [-0.2, -0.15) is 0 Å². The Bertz CT molecular complexity index is 330. The lowest BCUT2D eigenvalue weighted by Gasteiger charge is -2.28. The Balaban J connectivity index is 2.88. The molecule has 4 heteroatoms. The normalized spacial score (nSPS) is 25.4. The molecule has 0 heterocycles. The molecule has 0 unspecified atom stereocenters. The van der Waals surface area contributed by atoms with E-state index >= 15 is 0 Å². The number of carbonyl (C=O) groups excluding carboxylic acids is 1. The van der Waals surface area contributed by atoms with Crippen molar-refractivity contribution in [3.8, 4) is 0 Å². The molecular weight excluding hydrogens is 208 g/mol. The molecule has 16 heavy (non-hydrogen) atoms. The summed E-state index contributed by atoms with van der Waals surface area (Å²) >= 11 is 0. The average molecular weight is 226 g/mol. The van der Waals surface area contributed by atoms with Gasteiger partial charge < -0.3 is 9.84 Å². The van der Waals surface area contributed by atoms with Gasteiger partial charge in [-0.25, -0.2) is 0 Å². The lowest BCUT2D eigenvalue weighted by Crippen LogP contribution is -2.34. The van der Waals surface area contributed by atoms with Crippen molar-refractivity contribution >= 4 is 11.9 Å². The van der Waals surface area contributed by atoms with Gasteiger partial charge in [-0.15, -0.1) is 0 Å². The van der Waals surface area contributed by atoms with Crippen LogP contribution in [0.4, 0.5) is 0 Å². The molecule has 1 rings (SSSR count). The highest BCUT2D eigenvalue weighted by atomic mass is 16.5. The Hall–Kier alpha value is -1.32. The molecule has 1 aliphatic rings. The van der Waals surface area contributed by atoms with Crippen LogP contribution < -0.4 is 0 Å². The summed E-state index contributed by atoms with van der Waals surface area (Å²) in [4.78, 5) is 22.8. The topological polar surface area (TPSA) is 63.6 Å². The minimum absolute atomic E-state index is 0.295.